The van der Waals surface area contributed by atoms with Crippen molar-refractivity contribution >= 4 is 28.6 Å². The van der Waals surface area contributed by atoms with Crippen molar-refractivity contribution in [2.45, 2.75) is 25.9 Å². The van der Waals surface area contributed by atoms with Crippen molar-refractivity contribution in [3.8, 4) is 0 Å². The van der Waals surface area contributed by atoms with Crippen molar-refractivity contribution in [3.63, 3.8) is 0 Å². The third kappa shape index (κ3) is 1.84. The summed E-state index contributed by atoms with van der Waals surface area (Å²) in [6, 6.07) is 0. The topological polar surface area (TPSA) is 26.3 Å². The zero-order chi connectivity index (χ0) is 7.56. The van der Waals surface area contributed by atoms with Crippen LogP contribution in [0.15, 0.2) is 0 Å². The number of carbonyl (C=O) groups is 1. The van der Waals surface area contributed by atoms with Crippen LogP contribution in [0.2, 0.25) is 0 Å². The molecule has 0 aliphatic carbocycles. The molecule has 0 radical (unpaired) electrons. The number of carbonyl (C=O) groups excluding carboxylic acids is 1. The zero-order valence-corrected chi connectivity index (χ0v) is 8.13. The van der Waals surface area contributed by atoms with Crippen molar-refractivity contribution in [2.24, 2.45) is 5.92 Å². The molecule has 2 nitrogen and oxygen atoms in total. The minimum Gasteiger partial charge on any atom is -0.461 e. The lowest BCUT2D eigenvalue weighted by Crippen LogP contribution is -2.31. The van der Waals surface area contributed by atoms with Gasteiger partial charge in [0.1, 0.15) is 6.10 Å². The Morgan fingerprint density at radius 3 is 3.00 bits per heavy atom. The summed E-state index contributed by atoms with van der Waals surface area (Å²) in [5.74, 6) is 0.523. The van der Waals surface area contributed by atoms with E-state index in [0.29, 0.717) is 12.3 Å². The second-order valence-corrected chi connectivity index (χ2v) is 3.58. The number of rotatable bonds is 1. The van der Waals surface area contributed by atoms with Crippen LogP contribution in [0.5, 0.6) is 0 Å². The maximum atomic E-state index is 10.8. The quantitative estimate of drug-likeness (QED) is 0.405. The number of hydrogen-bond donors (Lipinski definition) is 0. The molecule has 0 aromatic carbocycles. The fourth-order valence-electron chi connectivity index (χ4n) is 1.06. The van der Waals surface area contributed by atoms with Gasteiger partial charge in [0.2, 0.25) is 0 Å². The molecule has 1 rings (SSSR count). The lowest BCUT2D eigenvalue weighted by Gasteiger charge is -2.26. The summed E-state index contributed by atoms with van der Waals surface area (Å²) in [7, 11) is 0. The molecule has 10 heavy (non-hydrogen) atoms. The highest BCUT2D eigenvalue weighted by atomic mass is 127. The lowest BCUT2D eigenvalue weighted by molar-refractivity contribution is -0.155. The number of cyclic esters (lactones) is 1. The van der Waals surface area contributed by atoms with Crippen molar-refractivity contribution < 1.29 is 9.53 Å². The van der Waals surface area contributed by atoms with Gasteiger partial charge < -0.3 is 4.74 Å². The lowest BCUT2D eigenvalue weighted by atomic mass is 9.98. The first-order valence-electron chi connectivity index (χ1n) is 3.49. The van der Waals surface area contributed by atoms with Crippen LogP contribution < -0.4 is 0 Å². The van der Waals surface area contributed by atoms with Gasteiger partial charge in [-0.2, -0.15) is 0 Å². The second kappa shape index (κ2) is 3.55. The molecule has 2 atom stereocenters. The molecule has 0 unspecified atom stereocenters. The average molecular weight is 254 g/mol. The minimum absolute atomic E-state index is 0.0280. The molecule has 3 heteroatoms. The molecule has 0 amide bonds. The second-order valence-electron chi connectivity index (χ2n) is 2.70. The van der Waals surface area contributed by atoms with Gasteiger partial charge >= 0.3 is 5.97 Å². The maximum absolute atomic E-state index is 10.8. The predicted octanol–water partition coefficient (Wildman–Crippen LogP) is 1.76. The monoisotopic (exact) mass is 254 g/mol. The van der Waals surface area contributed by atoms with Gasteiger partial charge in [-0.25, -0.2) is 0 Å². The first kappa shape index (κ1) is 8.30. The van der Waals surface area contributed by atoms with Crippen molar-refractivity contribution in [2.75, 3.05) is 4.43 Å². The highest BCUT2D eigenvalue weighted by Gasteiger charge is 2.25. The minimum atomic E-state index is -0.0280. The zero-order valence-electron chi connectivity index (χ0n) is 5.97. The average Bonchev–Trinajstić information content (AvgIpc) is 1.94. The third-order valence-electron chi connectivity index (χ3n) is 1.87. The van der Waals surface area contributed by atoms with Gasteiger partial charge in [-0.3, -0.25) is 4.79 Å². The Bertz CT molecular complexity index is 136. The van der Waals surface area contributed by atoms with E-state index in [-0.39, 0.29) is 12.1 Å². The molecule has 1 saturated heterocycles. The highest BCUT2D eigenvalue weighted by Crippen LogP contribution is 2.22. The molecule has 0 N–H and O–H groups in total. The molecule has 1 heterocycles. The molecule has 0 aromatic heterocycles. The van der Waals surface area contributed by atoms with E-state index in [1.54, 1.807) is 0 Å². The normalized spacial score (nSPS) is 33.6. The Kier molecular flexibility index (Phi) is 2.95. The molecule has 0 bridgehead atoms. The van der Waals surface area contributed by atoms with Gasteiger partial charge in [-0.05, 0) is 12.3 Å². The van der Waals surface area contributed by atoms with E-state index in [0.717, 1.165) is 10.8 Å². The molecule has 1 aliphatic rings. The first-order chi connectivity index (χ1) is 4.74. The van der Waals surface area contributed by atoms with Crippen LogP contribution in [0.3, 0.4) is 0 Å². The summed E-state index contributed by atoms with van der Waals surface area (Å²) in [5.41, 5.74) is 0. The molecule has 0 saturated carbocycles. The number of ether oxygens (including phenoxy) is 1. The number of esters is 1. The van der Waals surface area contributed by atoms with Gasteiger partial charge in [0.15, 0.2) is 0 Å². The molecular formula is C7H11IO2. The molecule has 0 spiro atoms. The number of hydrogen-bond acceptors (Lipinski definition) is 2. The summed E-state index contributed by atoms with van der Waals surface area (Å²) < 4.78 is 6.02. The van der Waals surface area contributed by atoms with Crippen molar-refractivity contribution in [1.29, 1.82) is 0 Å². The van der Waals surface area contributed by atoms with E-state index in [1.165, 1.54) is 0 Å². The van der Waals surface area contributed by atoms with Gasteiger partial charge in [-0.1, -0.05) is 29.5 Å². The van der Waals surface area contributed by atoms with Crippen molar-refractivity contribution in [3.05, 3.63) is 0 Å². The smallest absolute Gasteiger partial charge is 0.306 e. The van der Waals surface area contributed by atoms with E-state index in [1.807, 2.05) is 0 Å². The van der Waals surface area contributed by atoms with Gasteiger partial charge in [-0.15, -0.1) is 0 Å². The van der Waals surface area contributed by atoms with Crippen LogP contribution in [0.25, 0.3) is 0 Å². The van der Waals surface area contributed by atoms with E-state index in [4.69, 9.17) is 4.74 Å². The summed E-state index contributed by atoms with van der Waals surface area (Å²) in [4.78, 5) is 10.8. The Hall–Kier alpha value is 0.200. The number of alkyl halides is 1. The van der Waals surface area contributed by atoms with E-state index >= 15 is 0 Å². The Morgan fingerprint density at radius 2 is 2.50 bits per heavy atom. The Labute approximate surface area is 74.5 Å². The molecular weight excluding hydrogens is 243 g/mol. The first-order valence-corrected chi connectivity index (χ1v) is 5.02. The summed E-state index contributed by atoms with van der Waals surface area (Å²) >= 11 is 2.25. The summed E-state index contributed by atoms with van der Waals surface area (Å²) in [6.07, 6.45) is 1.77. The molecule has 0 aromatic rings. The fourth-order valence-corrected chi connectivity index (χ4v) is 2.11. The standard InChI is InChI=1S/C7H11IO2/c1-5-2-3-7(9)10-6(5)4-8/h5-6H,2-4H2,1H3/t5-,6+/m1/s1. The van der Waals surface area contributed by atoms with Gasteiger partial charge in [0.25, 0.3) is 0 Å². The number of halogens is 1. The van der Waals surface area contributed by atoms with Gasteiger partial charge in [0.05, 0.1) is 0 Å². The van der Waals surface area contributed by atoms with Gasteiger partial charge in [0, 0.05) is 10.8 Å². The predicted molar refractivity (Wildman–Crippen MR) is 47.2 cm³/mol. The van der Waals surface area contributed by atoms with Crippen LogP contribution >= 0.6 is 22.6 Å². The fraction of sp³-hybridized carbons (Fsp3) is 0.857. The highest BCUT2D eigenvalue weighted by molar-refractivity contribution is 14.1. The Balaban J connectivity index is 2.45. The van der Waals surface area contributed by atoms with Crippen LogP contribution in [-0.4, -0.2) is 16.5 Å². The molecule has 1 fully saturated rings. The Morgan fingerprint density at radius 1 is 1.80 bits per heavy atom. The van der Waals surface area contributed by atoms with E-state index in [9.17, 15) is 4.79 Å². The summed E-state index contributed by atoms with van der Waals surface area (Å²) in [5, 5.41) is 0. The van der Waals surface area contributed by atoms with Crippen LogP contribution in [0.1, 0.15) is 19.8 Å². The largest absolute Gasteiger partial charge is 0.461 e. The third-order valence-corrected chi connectivity index (χ3v) is 2.74. The maximum Gasteiger partial charge on any atom is 0.306 e. The van der Waals surface area contributed by atoms with Crippen LogP contribution in [0, 0.1) is 5.92 Å². The van der Waals surface area contributed by atoms with E-state index in [2.05, 4.69) is 29.5 Å². The van der Waals surface area contributed by atoms with Crippen LogP contribution in [0.4, 0.5) is 0 Å². The van der Waals surface area contributed by atoms with Crippen LogP contribution in [-0.2, 0) is 9.53 Å². The van der Waals surface area contributed by atoms with Crippen molar-refractivity contribution in [1.82, 2.24) is 0 Å². The summed E-state index contributed by atoms with van der Waals surface area (Å²) in [6.45, 7) is 2.13. The van der Waals surface area contributed by atoms with E-state index < -0.39 is 0 Å². The molecule has 58 valence electrons. The molecule has 1 aliphatic heterocycles. The SMILES string of the molecule is C[C@@H]1CCC(=O)O[C@H]1CI.